The van der Waals surface area contributed by atoms with Gasteiger partial charge in [0, 0.05) is 37.6 Å². The zero-order valence-electron chi connectivity index (χ0n) is 15.1. The van der Waals surface area contributed by atoms with Gasteiger partial charge in [0.05, 0.1) is 12.2 Å². The van der Waals surface area contributed by atoms with Gasteiger partial charge in [0.2, 0.25) is 5.91 Å². The fourth-order valence-electron chi connectivity index (χ4n) is 2.50. The lowest BCUT2D eigenvalue weighted by molar-refractivity contribution is -0.115. The molecule has 0 aliphatic heterocycles. The van der Waals surface area contributed by atoms with Crippen molar-refractivity contribution in [3.63, 3.8) is 0 Å². The van der Waals surface area contributed by atoms with Crippen molar-refractivity contribution in [3.8, 4) is 11.3 Å². The molecule has 0 saturated carbocycles. The van der Waals surface area contributed by atoms with Crippen LogP contribution in [0.15, 0.2) is 47.4 Å². The first-order valence-electron chi connectivity index (χ1n) is 8.25. The third-order valence-corrected chi connectivity index (χ3v) is 3.95. The maximum absolute atomic E-state index is 14.4. The number of benzene rings is 1. The number of aryl methyl sites for hydroxylation is 2. The van der Waals surface area contributed by atoms with Gasteiger partial charge in [0.25, 0.3) is 11.5 Å². The van der Waals surface area contributed by atoms with Gasteiger partial charge in [0.15, 0.2) is 0 Å². The molecule has 2 amide bonds. The molecule has 2 heterocycles. The SMILES string of the molecule is Cn1nccc1C(=O)NCC(=O)Nc1ccc(-c2ccc(=O)n(C)n2)c(F)c1. The van der Waals surface area contributed by atoms with E-state index in [2.05, 4.69) is 20.8 Å². The lowest BCUT2D eigenvalue weighted by Crippen LogP contribution is -2.33. The number of carbonyl (C=O) groups is 2. The number of rotatable bonds is 5. The number of aromatic nitrogens is 4. The van der Waals surface area contributed by atoms with Crippen LogP contribution in [0.3, 0.4) is 0 Å². The molecule has 144 valence electrons. The van der Waals surface area contributed by atoms with Gasteiger partial charge >= 0.3 is 0 Å². The van der Waals surface area contributed by atoms with E-state index in [9.17, 15) is 18.8 Å². The first-order chi connectivity index (χ1) is 13.3. The van der Waals surface area contributed by atoms with Crippen molar-refractivity contribution >= 4 is 17.5 Å². The fraction of sp³-hybridized carbons (Fsp3) is 0.167. The number of amides is 2. The second-order valence-corrected chi connectivity index (χ2v) is 5.95. The third kappa shape index (κ3) is 4.11. The van der Waals surface area contributed by atoms with E-state index in [4.69, 9.17) is 0 Å². The molecule has 3 aromatic rings. The summed E-state index contributed by atoms with van der Waals surface area (Å²) in [5.74, 6) is -1.57. The summed E-state index contributed by atoms with van der Waals surface area (Å²) in [7, 11) is 3.08. The number of nitrogens with zero attached hydrogens (tertiary/aromatic N) is 4. The normalized spacial score (nSPS) is 10.5. The van der Waals surface area contributed by atoms with Crippen molar-refractivity contribution in [2.75, 3.05) is 11.9 Å². The Morgan fingerprint density at radius 2 is 1.89 bits per heavy atom. The summed E-state index contributed by atoms with van der Waals surface area (Å²) in [6.07, 6.45) is 1.47. The predicted molar refractivity (Wildman–Crippen MR) is 99.0 cm³/mol. The number of hydrogen-bond donors (Lipinski definition) is 2. The highest BCUT2D eigenvalue weighted by Gasteiger charge is 2.13. The minimum atomic E-state index is -0.608. The smallest absolute Gasteiger partial charge is 0.269 e. The predicted octanol–water partition coefficient (Wildman–Crippen LogP) is 0.688. The molecule has 0 fully saturated rings. The lowest BCUT2D eigenvalue weighted by Gasteiger charge is -2.09. The highest BCUT2D eigenvalue weighted by Crippen LogP contribution is 2.23. The molecular weight excluding hydrogens is 367 g/mol. The quantitative estimate of drug-likeness (QED) is 0.672. The van der Waals surface area contributed by atoms with Crippen molar-refractivity contribution in [3.05, 3.63) is 64.5 Å². The Hall–Kier alpha value is -3.82. The van der Waals surface area contributed by atoms with Crippen LogP contribution in [0.5, 0.6) is 0 Å². The van der Waals surface area contributed by atoms with Crippen molar-refractivity contribution in [1.29, 1.82) is 0 Å². The summed E-state index contributed by atoms with van der Waals surface area (Å²) in [6.45, 7) is -0.282. The third-order valence-electron chi connectivity index (χ3n) is 3.95. The maximum Gasteiger partial charge on any atom is 0.269 e. The van der Waals surface area contributed by atoms with Gasteiger partial charge in [-0.05, 0) is 30.3 Å². The minimum absolute atomic E-state index is 0.193. The van der Waals surface area contributed by atoms with Crippen molar-refractivity contribution in [1.82, 2.24) is 24.9 Å². The number of nitrogens with one attached hydrogen (secondary N) is 2. The van der Waals surface area contributed by atoms with Gasteiger partial charge in [-0.1, -0.05) is 0 Å². The molecule has 0 aliphatic rings. The summed E-state index contributed by atoms with van der Waals surface area (Å²) >= 11 is 0. The molecule has 0 bridgehead atoms. The first kappa shape index (κ1) is 19.0. The lowest BCUT2D eigenvalue weighted by atomic mass is 10.1. The largest absolute Gasteiger partial charge is 0.342 e. The zero-order valence-corrected chi connectivity index (χ0v) is 15.1. The summed E-state index contributed by atoms with van der Waals surface area (Å²) in [5, 5.41) is 12.8. The fourth-order valence-corrected chi connectivity index (χ4v) is 2.50. The number of carbonyl (C=O) groups excluding carboxylic acids is 2. The topological polar surface area (TPSA) is 111 Å². The summed E-state index contributed by atoms with van der Waals surface area (Å²) in [5.41, 5.74) is 0.721. The Morgan fingerprint density at radius 1 is 1.11 bits per heavy atom. The molecule has 10 heteroatoms. The van der Waals surface area contributed by atoms with E-state index in [1.165, 1.54) is 48.3 Å². The van der Waals surface area contributed by atoms with Gasteiger partial charge in [0.1, 0.15) is 11.5 Å². The van der Waals surface area contributed by atoms with Crippen LogP contribution in [0.1, 0.15) is 10.5 Å². The zero-order chi connectivity index (χ0) is 20.3. The molecule has 0 atom stereocenters. The molecule has 0 unspecified atom stereocenters. The van der Waals surface area contributed by atoms with Gasteiger partial charge in [-0.2, -0.15) is 10.2 Å². The van der Waals surface area contributed by atoms with E-state index < -0.39 is 17.6 Å². The van der Waals surface area contributed by atoms with Gasteiger partial charge in [-0.3, -0.25) is 19.1 Å². The van der Waals surface area contributed by atoms with Crippen LogP contribution < -0.4 is 16.2 Å². The van der Waals surface area contributed by atoms with Gasteiger partial charge in [-0.25, -0.2) is 9.07 Å². The van der Waals surface area contributed by atoms with Crippen LogP contribution in [0, 0.1) is 5.82 Å². The molecule has 0 aliphatic carbocycles. The summed E-state index contributed by atoms with van der Waals surface area (Å²) in [6, 6.07) is 8.34. The second-order valence-electron chi connectivity index (χ2n) is 5.95. The van der Waals surface area contributed by atoms with Crippen LogP contribution >= 0.6 is 0 Å². The monoisotopic (exact) mass is 384 g/mol. The average molecular weight is 384 g/mol. The van der Waals surface area contributed by atoms with Crippen LogP contribution in [-0.4, -0.2) is 37.9 Å². The van der Waals surface area contributed by atoms with Crippen LogP contribution in [0.4, 0.5) is 10.1 Å². The second kappa shape index (κ2) is 7.82. The van der Waals surface area contributed by atoms with E-state index in [0.717, 1.165) is 10.7 Å². The van der Waals surface area contributed by atoms with E-state index in [1.807, 2.05) is 0 Å². The molecule has 2 aromatic heterocycles. The number of halogens is 1. The molecule has 3 rings (SSSR count). The standard InChI is InChI=1S/C18H17FN6O3/c1-24-15(7-8-21-24)18(28)20-10-16(26)22-11-3-4-12(13(19)9-11)14-5-6-17(27)25(2)23-14/h3-9H,10H2,1-2H3,(H,20,28)(H,22,26). The molecular formula is C18H17FN6O3. The van der Waals surface area contributed by atoms with Gasteiger partial charge < -0.3 is 10.6 Å². The summed E-state index contributed by atoms with van der Waals surface area (Å²) < 4.78 is 16.9. The molecule has 28 heavy (non-hydrogen) atoms. The van der Waals surface area contributed by atoms with Crippen molar-refractivity contribution < 1.29 is 14.0 Å². The number of hydrogen-bond acceptors (Lipinski definition) is 5. The summed E-state index contributed by atoms with van der Waals surface area (Å²) in [4.78, 5) is 35.3. The molecule has 0 radical (unpaired) electrons. The highest BCUT2D eigenvalue weighted by atomic mass is 19.1. The Kier molecular flexibility index (Phi) is 5.30. The Labute approximate surface area is 158 Å². The van der Waals surface area contributed by atoms with Gasteiger partial charge in [-0.15, -0.1) is 0 Å². The van der Waals surface area contributed by atoms with Crippen LogP contribution in [0.2, 0.25) is 0 Å². The Bertz CT molecular complexity index is 1100. The van der Waals surface area contributed by atoms with Crippen molar-refractivity contribution in [2.24, 2.45) is 14.1 Å². The number of anilines is 1. The van der Waals surface area contributed by atoms with Crippen LogP contribution in [0.25, 0.3) is 11.3 Å². The molecule has 0 saturated heterocycles. The van der Waals surface area contributed by atoms with E-state index in [-0.39, 0.29) is 23.4 Å². The molecule has 0 spiro atoms. The average Bonchev–Trinajstić information content (AvgIpc) is 3.08. The first-order valence-corrected chi connectivity index (χ1v) is 8.25. The Morgan fingerprint density at radius 3 is 2.54 bits per heavy atom. The maximum atomic E-state index is 14.4. The van der Waals surface area contributed by atoms with E-state index >= 15 is 0 Å². The minimum Gasteiger partial charge on any atom is -0.342 e. The molecule has 9 nitrogen and oxygen atoms in total. The molecule has 1 aromatic carbocycles. The highest BCUT2D eigenvalue weighted by molar-refractivity contribution is 5.98. The van der Waals surface area contributed by atoms with E-state index in [1.54, 1.807) is 7.05 Å². The molecule has 2 N–H and O–H groups in total. The Balaban J connectivity index is 1.64. The van der Waals surface area contributed by atoms with E-state index in [0.29, 0.717) is 11.4 Å². The van der Waals surface area contributed by atoms with Crippen LogP contribution in [-0.2, 0) is 18.9 Å². The van der Waals surface area contributed by atoms with Crippen molar-refractivity contribution in [2.45, 2.75) is 0 Å².